The second kappa shape index (κ2) is 11.7. The third-order valence-electron chi connectivity index (χ3n) is 7.88. The van der Waals surface area contributed by atoms with Gasteiger partial charge in [-0.1, -0.05) is 24.3 Å². The Morgan fingerprint density at radius 2 is 1.75 bits per heavy atom. The smallest absolute Gasteiger partial charge is 0.289 e. The van der Waals surface area contributed by atoms with E-state index in [1.165, 1.54) is 33.3 Å². The highest BCUT2D eigenvalue weighted by atomic mass is 32.2. The molecule has 1 saturated heterocycles. The van der Waals surface area contributed by atoms with Gasteiger partial charge in [0, 0.05) is 38.8 Å². The van der Waals surface area contributed by atoms with Crippen molar-refractivity contribution in [2.24, 2.45) is 5.73 Å². The summed E-state index contributed by atoms with van der Waals surface area (Å²) in [7, 11) is -4.07. The monoisotopic (exact) mass is 617 g/mol. The fourth-order valence-corrected chi connectivity index (χ4v) is 7.35. The molecule has 1 atom stereocenters. The number of carbonyl (C=O) groups excluding carboxylic acids is 1. The Kier molecular flexibility index (Phi) is 7.80. The first-order valence-electron chi connectivity index (χ1n) is 14.1. The molecule has 0 radical (unpaired) electrons. The van der Waals surface area contributed by atoms with Crippen LogP contribution >= 0.6 is 0 Å². The van der Waals surface area contributed by atoms with E-state index in [1.807, 2.05) is 31.2 Å². The maximum atomic E-state index is 13.3. The number of aryl methyl sites for hydroxylation is 1. The first-order valence-corrected chi connectivity index (χ1v) is 15.6. The number of hydrogen-bond donors (Lipinski definition) is 2. The van der Waals surface area contributed by atoms with E-state index in [2.05, 4.69) is 10.2 Å². The van der Waals surface area contributed by atoms with Crippen molar-refractivity contribution in [3.63, 3.8) is 0 Å². The van der Waals surface area contributed by atoms with Crippen molar-refractivity contribution in [1.29, 1.82) is 0 Å². The topological polar surface area (TPSA) is 166 Å². The molecular weight excluding hydrogens is 586 g/mol. The Labute approximate surface area is 254 Å². The standard InChI is InChI=1S/C30H31N7O6S/c1-20-5-4-6-23(19-20)43-22-11-9-21(10-12-22)36-29(30(31)38)28-27(33-36)25(13-14-32-28)34-15-17-35(18-16-34)44(41,42)26-8-3-2-7-24(26)37(39)40/h2-12,19,25,32H,13-18H2,1H3,(H2,31,38)/t25-/m0/s1. The number of para-hydroxylation sites is 1. The van der Waals surface area contributed by atoms with Gasteiger partial charge in [-0.15, -0.1) is 0 Å². The molecule has 1 fully saturated rings. The van der Waals surface area contributed by atoms with Gasteiger partial charge in [0.25, 0.3) is 11.6 Å². The Morgan fingerprint density at radius 3 is 2.43 bits per heavy atom. The number of fused-ring (bicyclic) bond motifs is 1. The highest BCUT2D eigenvalue weighted by molar-refractivity contribution is 7.89. The molecule has 3 heterocycles. The molecule has 2 aliphatic heterocycles. The van der Waals surface area contributed by atoms with E-state index in [1.54, 1.807) is 24.3 Å². The number of nitro groups is 1. The van der Waals surface area contributed by atoms with Crippen LogP contribution in [0.3, 0.4) is 0 Å². The van der Waals surface area contributed by atoms with Crippen LogP contribution in [-0.2, 0) is 10.0 Å². The minimum Gasteiger partial charge on any atom is -0.457 e. The van der Waals surface area contributed by atoms with Crippen LogP contribution in [0.1, 0.15) is 34.2 Å². The summed E-state index contributed by atoms with van der Waals surface area (Å²) in [6, 6.07) is 20.1. The molecule has 2 aliphatic rings. The third-order valence-corrected chi connectivity index (χ3v) is 9.83. The number of aromatic nitrogens is 2. The number of nitrogens with zero attached hydrogens (tertiary/aromatic N) is 5. The van der Waals surface area contributed by atoms with Crippen molar-refractivity contribution in [1.82, 2.24) is 19.0 Å². The molecule has 13 nitrogen and oxygen atoms in total. The molecule has 228 valence electrons. The number of ether oxygens (including phenoxy) is 1. The predicted octanol–water partition coefficient (Wildman–Crippen LogP) is 3.84. The highest BCUT2D eigenvalue weighted by Crippen LogP contribution is 2.38. The van der Waals surface area contributed by atoms with Crippen LogP contribution in [-0.4, -0.2) is 71.0 Å². The molecule has 1 amide bonds. The molecule has 6 rings (SSSR count). The number of benzene rings is 3. The number of nitrogens with one attached hydrogen (secondary N) is 1. The van der Waals surface area contributed by atoms with Gasteiger partial charge in [0.1, 0.15) is 17.2 Å². The molecular formula is C30H31N7O6S. The van der Waals surface area contributed by atoms with Crippen molar-refractivity contribution in [3.05, 3.63) is 99.9 Å². The molecule has 0 unspecified atom stereocenters. The number of nitro benzene ring substituents is 1. The van der Waals surface area contributed by atoms with Gasteiger partial charge >= 0.3 is 0 Å². The number of anilines is 1. The number of rotatable bonds is 8. The van der Waals surface area contributed by atoms with Crippen LogP contribution in [0, 0.1) is 17.0 Å². The van der Waals surface area contributed by atoms with Crippen LogP contribution < -0.4 is 15.8 Å². The van der Waals surface area contributed by atoms with Crippen molar-refractivity contribution in [2.75, 3.05) is 38.0 Å². The van der Waals surface area contributed by atoms with Gasteiger partial charge in [0.05, 0.1) is 22.3 Å². The van der Waals surface area contributed by atoms with E-state index in [4.69, 9.17) is 15.6 Å². The molecule has 44 heavy (non-hydrogen) atoms. The number of carbonyl (C=O) groups is 1. The van der Waals surface area contributed by atoms with Gasteiger partial charge in [-0.3, -0.25) is 19.8 Å². The fourth-order valence-electron chi connectivity index (χ4n) is 5.77. The molecule has 0 saturated carbocycles. The average molecular weight is 618 g/mol. The molecule has 3 aromatic carbocycles. The van der Waals surface area contributed by atoms with E-state index in [0.717, 1.165) is 5.56 Å². The van der Waals surface area contributed by atoms with Crippen LogP contribution in [0.4, 0.5) is 11.4 Å². The number of piperazine rings is 1. The van der Waals surface area contributed by atoms with Gasteiger partial charge in [-0.2, -0.15) is 9.40 Å². The Bertz CT molecular complexity index is 1830. The van der Waals surface area contributed by atoms with E-state index in [-0.39, 0.29) is 29.7 Å². The molecule has 0 spiro atoms. The predicted molar refractivity (Wildman–Crippen MR) is 163 cm³/mol. The summed E-state index contributed by atoms with van der Waals surface area (Å²) in [5, 5.41) is 19.6. The normalized spacial score (nSPS) is 17.4. The Morgan fingerprint density at radius 1 is 1.02 bits per heavy atom. The maximum absolute atomic E-state index is 13.3. The summed E-state index contributed by atoms with van der Waals surface area (Å²) < 4.78 is 35.4. The third kappa shape index (κ3) is 5.50. The van der Waals surface area contributed by atoms with Gasteiger partial charge in [0.2, 0.25) is 10.0 Å². The Balaban J connectivity index is 1.23. The second-order valence-corrected chi connectivity index (χ2v) is 12.6. The minimum absolute atomic E-state index is 0.152. The lowest BCUT2D eigenvalue weighted by Gasteiger charge is -2.39. The minimum atomic E-state index is -4.07. The van der Waals surface area contributed by atoms with E-state index in [9.17, 15) is 23.3 Å². The van der Waals surface area contributed by atoms with Gasteiger partial charge in [-0.05, 0) is 61.4 Å². The van der Waals surface area contributed by atoms with Crippen LogP contribution in [0.5, 0.6) is 11.5 Å². The zero-order valence-electron chi connectivity index (χ0n) is 23.9. The molecule has 1 aromatic heterocycles. The zero-order valence-corrected chi connectivity index (χ0v) is 24.7. The summed E-state index contributed by atoms with van der Waals surface area (Å²) in [5.41, 5.74) is 8.55. The summed E-state index contributed by atoms with van der Waals surface area (Å²) in [6.07, 6.45) is 0.683. The zero-order chi connectivity index (χ0) is 31.0. The average Bonchev–Trinajstić information content (AvgIpc) is 3.42. The highest BCUT2D eigenvalue weighted by Gasteiger charge is 2.38. The van der Waals surface area contributed by atoms with Gasteiger partial charge in [-0.25, -0.2) is 13.1 Å². The maximum Gasteiger partial charge on any atom is 0.289 e. The Hall–Kier alpha value is -4.79. The van der Waals surface area contributed by atoms with E-state index >= 15 is 0 Å². The SMILES string of the molecule is Cc1cccc(Oc2ccc(-n3nc4c(c3C(N)=O)NCC[C@@H]4N3CCN(S(=O)(=O)c4ccccc4[N+](=O)[O-])CC3)cc2)c1. The summed E-state index contributed by atoms with van der Waals surface area (Å²) >= 11 is 0. The number of amides is 1. The molecule has 14 heteroatoms. The molecule has 0 aliphatic carbocycles. The summed E-state index contributed by atoms with van der Waals surface area (Å²) in [5.74, 6) is 0.709. The van der Waals surface area contributed by atoms with Gasteiger partial charge in [0.15, 0.2) is 10.6 Å². The lowest BCUT2D eigenvalue weighted by Crippen LogP contribution is -2.50. The van der Waals surface area contributed by atoms with Crippen LogP contribution in [0.15, 0.2) is 77.7 Å². The molecule has 0 bridgehead atoms. The van der Waals surface area contributed by atoms with E-state index in [0.29, 0.717) is 54.6 Å². The quantitative estimate of drug-likeness (QED) is 0.221. The van der Waals surface area contributed by atoms with Gasteiger partial charge < -0.3 is 15.8 Å². The lowest BCUT2D eigenvalue weighted by molar-refractivity contribution is -0.387. The summed E-state index contributed by atoms with van der Waals surface area (Å²) in [6.45, 7) is 3.63. The molecule has 4 aromatic rings. The summed E-state index contributed by atoms with van der Waals surface area (Å²) in [4.78, 5) is 25.3. The number of sulfonamides is 1. The second-order valence-electron chi connectivity index (χ2n) is 10.7. The lowest BCUT2D eigenvalue weighted by atomic mass is 10.0. The number of hydrogen-bond acceptors (Lipinski definition) is 9. The van der Waals surface area contributed by atoms with Crippen molar-refractivity contribution >= 4 is 27.3 Å². The first kappa shape index (κ1) is 29.3. The fraction of sp³-hybridized carbons (Fsp3) is 0.267. The van der Waals surface area contributed by atoms with E-state index < -0.39 is 26.5 Å². The largest absolute Gasteiger partial charge is 0.457 e. The van der Waals surface area contributed by atoms with Crippen LogP contribution in [0.25, 0.3) is 5.69 Å². The number of nitrogens with two attached hydrogens (primary N) is 1. The molecule has 3 N–H and O–H groups in total. The first-order chi connectivity index (χ1) is 21.1. The van der Waals surface area contributed by atoms with Crippen molar-refractivity contribution < 1.29 is 22.9 Å². The number of primary amides is 1. The van der Waals surface area contributed by atoms with Crippen LogP contribution in [0.2, 0.25) is 0 Å². The van der Waals surface area contributed by atoms with Crippen molar-refractivity contribution in [3.8, 4) is 17.2 Å². The van der Waals surface area contributed by atoms with Crippen molar-refractivity contribution in [2.45, 2.75) is 24.3 Å².